The van der Waals surface area contributed by atoms with E-state index in [9.17, 15) is 4.79 Å². The molecule has 7 nitrogen and oxygen atoms in total. The number of rotatable bonds is 3. The first-order valence-corrected chi connectivity index (χ1v) is 7.05. The van der Waals surface area contributed by atoms with Crippen LogP contribution in [0.2, 0.25) is 0 Å². The molecule has 2 aliphatic rings. The van der Waals surface area contributed by atoms with Gasteiger partial charge >= 0.3 is 0 Å². The Labute approximate surface area is 129 Å². The van der Waals surface area contributed by atoms with E-state index in [2.05, 4.69) is 15.3 Å². The van der Waals surface area contributed by atoms with Gasteiger partial charge in [0.15, 0.2) is 0 Å². The molecule has 118 valence electrons. The summed E-state index contributed by atoms with van der Waals surface area (Å²) in [6.07, 6.45) is 1.68. The molecule has 0 aromatic carbocycles. The average Bonchev–Trinajstić information content (AvgIpc) is 2.51. The van der Waals surface area contributed by atoms with Crippen LogP contribution >= 0.6 is 12.4 Å². The van der Waals surface area contributed by atoms with Gasteiger partial charge in [0.1, 0.15) is 6.10 Å². The zero-order chi connectivity index (χ0) is 13.8. The molecule has 1 N–H and O–H groups in total. The summed E-state index contributed by atoms with van der Waals surface area (Å²) in [7, 11) is 0. The molecule has 2 saturated heterocycles. The van der Waals surface area contributed by atoms with Crippen molar-refractivity contribution >= 4 is 18.1 Å². The maximum absolute atomic E-state index is 12.1. The SMILES string of the molecule is Cl.O=c1cc(N2CCNCC2)cnn1CC1COCCO1. The van der Waals surface area contributed by atoms with Crippen molar-refractivity contribution in [3.8, 4) is 0 Å². The molecule has 8 heteroatoms. The minimum atomic E-state index is -0.0878. The molecule has 0 aliphatic carbocycles. The molecular weight excluding hydrogens is 296 g/mol. The summed E-state index contributed by atoms with van der Waals surface area (Å²) in [4.78, 5) is 14.3. The summed E-state index contributed by atoms with van der Waals surface area (Å²) in [5.74, 6) is 0. The van der Waals surface area contributed by atoms with Gasteiger partial charge in [-0.2, -0.15) is 5.10 Å². The first-order chi connectivity index (χ1) is 9.83. The Morgan fingerprint density at radius 3 is 2.81 bits per heavy atom. The van der Waals surface area contributed by atoms with Crippen LogP contribution in [-0.4, -0.2) is 61.9 Å². The van der Waals surface area contributed by atoms with Crippen LogP contribution in [0.1, 0.15) is 0 Å². The number of hydrogen-bond donors (Lipinski definition) is 1. The number of nitrogens with one attached hydrogen (secondary N) is 1. The molecule has 3 rings (SSSR count). The average molecular weight is 317 g/mol. The predicted molar refractivity (Wildman–Crippen MR) is 81.4 cm³/mol. The summed E-state index contributed by atoms with van der Waals surface area (Å²) in [6, 6.07) is 1.65. The van der Waals surface area contributed by atoms with Crippen LogP contribution < -0.4 is 15.8 Å². The Kier molecular flexibility index (Phi) is 5.98. The van der Waals surface area contributed by atoms with Crippen LogP contribution in [0.5, 0.6) is 0 Å². The highest BCUT2D eigenvalue weighted by atomic mass is 35.5. The van der Waals surface area contributed by atoms with Gasteiger partial charge in [-0.25, -0.2) is 4.68 Å². The fourth-order valence-corrected chi connectivity index (χ4v) is 2.49. The summed E-state index contributed by atoms with van der Waals surface area (Å²) in [6.45, 7) is 5.87. The molecule has 0 radical (unpaired) electrons. The molecule has 1 aromatic heterocycles. The topological polar surface area (TPSA) is 68.6 Å². The lowest BCUT2D eigenvalue weighted by Crippen LogP contribution is -2.44. The van der Waals surface area contributed by atoms with E-state index in [0.717, 1.165) is 31.9 Å². The third kappa shape index (κ3) is 4.16. The smallest absolute Gasteiger partial charge is 0.268 e. The zero-order valence-electron chi connectivity index (χ0n) is 11.9. The maximum atomic E-state index is 12.1. The third-order valence-electron chi connectivity index (χ3n) is 3.60. The van der Waals surface area contributed by atoms with Gasteiger partial charge in [-0.05, 0) is 0 Å². The van der Waals surface area contributed by atoms with Gasteiger partial charge in [0.2, 0.25) is 0 Å². The first kappa shape index (κ1) is 16.2. The van der Waals surface area contributed by atoms with Crippen molar-refractivity contribution in [2.24, 2.45) is 0 Å². The van der Waals surface area contributed by atoms with Crippen molar-refractivity contribution in [3.63, 3.8) is 0 Å². The molecule has 21 heavy (non-hydrogen) atoms. The fraction of sp³-hybridized carbons (Fsp3) is 0.692. The van der Waals surface area contributed by atoms with Crippen molar-refractivity contribution < 1.29 is 9.47 Å². The molecule has 0 amide bonds. The summed E-state index contributed by atoms with van der Waals surface area (Å²) in [5.41, 5.74) is 0.809. The van der Waals surface area contributed by atoms with Crippen molar-refractivity contribution in [2.75, 3.05) is 50.9 Å². The van der Waals surface area contributed by atoms with Gasteiger partial charge in [-0.1, -0.05) is 0 Å². The quantitative estimate of drug-likeness (QED) is 0.810. The Bertz CT molecular complexity index is 498. The Balaban J connectivity index is 0.00000161. The number of hydrogen-bond acceptors (Lipinski definition) is 6. The minimum Gasteiger partial charge on any atom is -0.376 e. The highest BCUT2D eigenvalue weighted by molar-refractivity contribution is 5.85. The van der Waals surface area contributed by atoms with E-state index in [-0.39, 0.29) is 24.1 Å². The summed E-state index contributed by atoms with van der Waals surface area (Å²) in [5, 5.41) is 7.54. The van der Waals surface area contributed by atoms with Gasteiger partial charge in [0.05, 0.1) is 38.2 Å². The van der Waals surface area contributed by atoms with Crippen LogP contribution in [0.4, 0.5) is 5.69 Å². The lowest BCUT2D eigenvalue weighted by Gasteiger charge is -2.29. The lowest BCUT2D eigenvalue weighted by atomic mass is 10.3. The van der Waals surface area contributed by atoms with E-state index in [4.69, 9.17) is 9.47 Å². The van der Waals surface area contributed by atoms with Gasteiger partial charge in [0.25, 0.3) is 5.56 Å². The largest absolute Gasteiger partial charge is 0.376 e. The molecule has 2 fully saturated rings. The van der Waals surface area contributed by atoms with Crippen LogP contribution in [0, 0.1) is 0 Å². The molecule has 1 atom stereocenters. The monoisotopic (exact) mass is 316 g/mol. The lowest BCUT2D eigenvalue weighted by molar-refractivity contribution is -0.0950. The van der Waals surface area contributed by atoms with E-state index in [0.29, 0.717) is 26.4 Å². The van der Waals surface area contributed by atoms with Gasteiger partial charge in [0, 0.05) is 32.2 Å². The maximum Gasteiger partial charge on any atom is 0.268 e. The predicted octanol–water partition coefficient (Wildman–Crippen LogP) is -0.510. The molecule has 1 unspecified atom stereocenters. The van der Waals surface area contributed by atoms with Gasteiger partial charge in [-0.15, -0.1) is 12.4 Å². The van der Waals surface area contributed by atoms with Crippen LogP contribution in [0.25, 0.3) is 0 Å². The van der Waals surface area contributed by atoms with Crippen LogP contribution in [0.15, 0.2) is 17.1 Å². The van der Waals surface area contributed by atoms with E-state index in [1.807, 2.05) is 0 Å². The normalized spacial score (nSPS) is 22.7. The molecular formula is C13H21ClN4O3. The molecule has 2 aliphatic heterocycles. The van der Waals surface area contributed by atoms with Gasteiger partial charge in [-0.3, -0.25) is 4.79 Å². The van der Waals surface area contributed by atoms with Crippen LogP contribution in [0.3, 0.4) is 0 Å². The first-order valence-electron chi connectivity index (χ1n) is 7.05. The van der Waals surface area contributed by atoms with E-state index >= 15 is 0 Å². The number of piperazine rings is 1. The summed E-state index contributed by atoms with van der Waals surface area (Å²) >= 11 is 0. The van der Waals surface area contributed by atoms with Crippen molar-refractivity contribution in [3.05, 3.63) is 22.6 Å². The highest BCUT2D eigenvalue weighted by Crippen LogP contribution is 2.10. The molecule has 1 aromatic rings. The van der Waals surface area contributed by atoms with E-state index in [1.165, 1.54) is 4.68 Å². The Morgan fingerprint density at radius 2 is 2.14 bits per heavy atom. The second-order valence-electron chi connectivity index (χ2n) is 5.04. The van der Waals surface area contributed by atoms with Crippen molar-refractivity contribution in [1.82, 2.24) is 15.1 Å². The molecule has 0 spiro atoms. The summed E-state index contributed by atoms with van der Waals surface area (Å²) < 4.78 is 12.3. The zero-order valence-corrected chi connectivity index (χ0v) is 12.7. The molecule has 0 saturated carbocycles. The van der Waals surface area contributed by atoms with E-state index in [1.54, 1.807) is 12.3 Å². The standard InChI is InChI=1S/C13H20N4O3.ClH/c18-13-7-11(16-3-1-14-2-4-16)8-15-17(13)9-12-10-19-5-6-20-12;/h7-8,12,14H,1-6,9-10H2;1H. The third-order valence-corrected chi connectivity index (χ3v) is 3.60. The molecule has 0 bridgehead atoms. The number of halogens is 1. The molecule has 3 heterocycles. The van der Waals surface area contributed by atoms with Crippen LogP contribution in [-0.2, 0) is 16.0 Å². The Hall–Kier alpha value is -1.15. The second kappa shape index (κ2) is 7.74. The van der Waals surface area contributed by atoms with Crippen molar-refractivity contribution in [2.45, 2.75) is 12.6 Å². The second-order valence-corrected chi connectivity index (χ2v) is 5.04. The fourth-order valence-electron chi connectivity index (χ4n) is 2.49. The number of anilines is 1. The number of ether oxygens (including phenoxy) is 2. The number of aromatic nitrogens is 2. The minimum absolute atomic E-state index is 0. The van der Waals surface area contributed by atoms with E-state index < -0.39 is 0 Å². The van der Waals surface area contributed by atoms with Gasteiger partial charge < -0.3 is 19.7 Å². The number of nitrogens with zero attached hydrogens (tertiary/aromatic N) is 3. The highest BCUT2D eigenvalue weighted by Gasteiger charge is 2.17. The van der Waals surface area contributed by atoms with Crippen molar-refractivity contribution in [1.29, 1.82) is 0 Å². The Morgan fingerprint density at radius 1 is 1.33 bits per heavy atom.